The largest absolute Gasteiger partial charge is 0.367 e. The van der Waals surface area contributed by atoms with Crippen molar-refractivity contribution in [1.29, 1.82) is 0 Å². The van der Waals surface area contributed by atoms with Crippen molar-refractivity contribution in [2.75, 3.05) is 31.6 Å². The Balaban J connectivity index is 1.26. The highest BCUT2D eigenvalue weighted by Crippen LogP contribution is 2.20. The number of nitrogens with zero attached hydrogens (tertiary/aromatic N) is 1. The van der Waals surface area contributed by atoms with Crippen molar-refractivity contribution in [3.8, 4) is 0 Å². The molecule has 2 N–H and O–H groups in total. The van der Waals surface area contributed by atoms with Crippen LogP contribution in [0.25, 0.3) is 0 Å². The van der Waals surface area contributed by atoms with E-state index in [0.29, 0.717) is 12.5 Å². The van der Waals surface area contributed by atoms with Gasteiger partial charge in [-0.25, -0.2) is 9.18 Å². The second kappa shape index (κ2) is 11.3. The number of urea groups is 1. The van der Waals surface area contributed by atoms with Gasteiger partial charge in [0, 0.05) is 25.3 Å². The van der Waals surface area contributed by atoms with E-state index in [1.807, 2.05) is 35.2 Å². The molecule has 160 valence electrons. The molecule has 2 aromatic carbocycles. The summed E-state index contributed by atoms with van der Waals surface area (Å²) in [6.45, 7) is 2.29. The van der Waals surface area contributed by atoms with Gasteiger partial charge in [-0.2, -0.15) is 0 Å². The average molecular weight is 413 g/mol. The van der Waals surface area contributed by atoms with Gasteiger partial charge in [-0.15, -0.1) is 0 Å². The summed E-state index contributed by atoms with van der Waals surface area (Å²) < 4.78 is 18.2. The molecule has 0 unspecified atom stereocenters. The van der Waals surface area contributed by atoms with E-state index in [-0.39, 0.29) is 31.0 Å². The number of ether oxygens (including phenoxy) is 1. The van der Waals surface area contributed by atoms with Crippen molar-refractivity contribution in [2.45, 2.75) is 25.9 Å². The summed E-state index contributed by atoms with van der Waals surface area (Å²) in [6.07, 6.45) is 2.75. The van der Waals surface area contributed by atoms with Gasteiger partial charge >= 0.3 is 6.03 Å². The van der Waals surface area contributed by atoms with Crippen molar-refractivity contribution in [3.63, 3.8) is 0 Å². The number of carbonyl (C=O) groups excluding carboxylic acids is 2. The molecule has 0 radical (unpaired) electrons. The Morgan fingerprint density at radius 3 is 2.43 bits per heavy atom. The smallest absolute Gasteiger partial charge is 0.321 e. The quantitative estimate of drug-likeness (QED) is 0.692. The Morgan fingerprint density at radius 1 is 1.03 bits per heavy atom. The van der Waals surface area contributed by atoms with Crippen molar-refractivity contribution in [1.82, 2.24) is 10.2 Å². The molecule has 1 aliphatic rings. The topological polar surface area (TPSA) is 70.7 Å². The van der Waals surface area contributed by atoms with Crippen LogP contribution in [0.3, 0.4) is 0 Å². The van der Waals surface area contributed by atoms with Gasteiger partial charge in [-0.1, -0.05) is 30.3 Å². The molecule has 0 atom stereocenters. The predicted octanol–water partition coefficient (Wildman–Crippen LogP) is 3.79. The minimum absolute atomic E-state index is 0.0184. The van der Waals surface area contributed by atoms with E-state index in [9.17, 15) is 14.0 Å². The predicted molar refractivity (Wildman–Crippen MR) is 113 cm³/mol. The SMILES string of the molecule is O=C(COCc1ccc(F)cc1)NCCC1CCN(C(=O)Nc2ccccc2)CC1. The molecule has 0 aliphatic carbocycles. The van der Waals surface area contributed by atoms with Gasteiger partial charge in [0.1, 0.15) is 12.4 Å². The third-order valence-corrected chi connectivity index (χ3v) is 5.22. The monoisotopic (exact) mass is 413 g/mol. The zero-order valence-corrected chi connectivity index (χ0v) is 17.0. The van der Waals surface area contributed by atoms with E-state index in [0.717, 1.165) is 43.6 Å². The van der Waals surface area contributed by atoms with E-state index < -0.39 is 0 Å². The number of hydrogen-bond acceptors (Lipinski definition) is 3. The molecule has 0 aromatic heterocycles. The summed E-state index contributed by atoms with van der Waals surface area (Å²) in [7, 11) is 0. The number of hydrogen-bond donors (Lipinski definition) is 2. The van der Waals surface area contributed by atoms with Crippen molar-refractivity contribution >= 4 is 17.6 Å². The second-order valence-electron chi connectivity index (χ2n) is 7.48. The third kappa shape index (κ3) is 7.15. The van der Waals surface area contributed by atoms with Gasteiger partial charge in [-0.05, 0) is 55.0 Å². The number of benzene rings is 2. The van der Waals surface area contributed by atoms with Crippen LogP contribution in [0.2, 0.25) is 0 Å². The summed E-state index contributed by atoms with van der Waals surface area (Å²) in [5, 5.41) is 5.79. The van der Waals surface area contributed by atoms with Gasteiger partial charge in [0.2, 0.25) is 5.91 Å². The van der Waals surface area contributed by atoms with Crippen LogP contribution in [0, 0.1) is 11.7 Å². The molecule has 6 nitrogen and oxygen atoms in total. The fourth-order valence-electron chi connectivity index (χ4n) is 3.46. The Bertz CT molecular complexity index is 806. The first-order valence-electron chi connectivity index (χ1n) is 10.3. The van der Waals surface area contributed by atoms with Crippen LogP contribution in [0.4, 0.5) is 14.9 Å². The minimum atomic E-state index is -0.292. The normalized spacial score (nSPS) is 14.4. The highest BCUT2D eigenvalue weighted by molar-refractivity contribution is 5.89. The van der Waals surface area contributed by atoms with Crippen LogP contribution in [0.5, 0.6) is 0 Å². The van der Waals surface area contributed by atoms with Gasteiger partial charge < -0.3 is 20.3 Å². The fourth-order valence-corrected chi connectivity index (χ4v) is 3.46. The molecule has 30 heavy (non-hydrogen) atoms. The number of amides is 3. The van der Waals surface area contributed by atoms with Crippen molar-refractivity contribution in [3.05, 3.63) is 66.0 Å². The summed E-state index contributed by atoms with van der Waals surface area (Å²) >= 11 is 0. The first-order chi connectivity index (χ1) is 14.6. The number of halogens is 1. The molecule has 7 heteroatoms. The van der Waals surface area contributed by atoms with E-state index >= 15 is 0 Å². The lowest BCUT2D eigenvalue weighted by Gasteiger charge is -2.32. The first kappa shape index (κ1) is 21.8. The molecule has 1 fully saturated rings. The van der Waals surface area contributed by atoms with E-state index in [2.05, 4.69) is 10.6 Å². The van der Waals surface area contributed by atoms with Crippen molar-refractivity contribution in [2.24, 2.45) is 5.92 Å². The van der Waals surface area contributed by atoms with Crippen LogP contribution >= 0.6 is 0 Å². The van der Waals surface area contributed by atoms with Gasteiger partial charge in [0.25, 0.3) is 0 Å². The number of carbonyl (C=O) groups is 2. The van der Waals surface area contributed by atoms with Gasteiger partial charge in [0.05, 0.1) is 6.61 Å². The molecular formula is C23H28FN3O3. The standard InChI is InChI=1S/C23H28FN3O3/c24-20-8-6-19(7-9-20)16-30-17-22(28)25-13-10-18-11-14-27(15-12-18)23(29)26-21-4-2-1-3-5-21/h1-9,18H,10-17H2,(H,25,28)(H,26,29). The molecule has 0 spiro atoms. The third-order valence-electron chi connectivity index (χ3n) is 5.22. The maximum absolute atomic E-state index is 12.9. The zero-order chi connectivity index (χ0) is 21.2. The van der Waals surface area contributed by atoms with E-state index in [1.54, 1.807) is 12.1 Å². The molecule has 0 bridgehead atoms. The highest BCUT2D eigenvalue weighted by Gasteiger charge is 2.22. The zero-order valence-electron chi connectivity index (χ0n) is 17.0. The van der Waals surface area contributed by atoms with Crippen LogP contribution in [-0.2, 0) is 16.1 Å². The summed E-state index contributed by atoms with van der Waals surface area (Å²) in [5.41, 5.74) is 1.63. The summed E-state index contributed by atoms with van der Waals surface area (Å²) in [5.74, 6) is 0.0437. The Morgan fingerprint density at radius 2 is 1.73 bits per heavy atom. The van der Waals surface area contributed by atoms with Gasteiger partial charge in [0.15, 0.2) is 0 Å². The Kier molecular flexibility index (Phi) is 8.20. The Labute approximate surface area is 176 Å². The minimum Gasteiger partial charge on any atom is -0.367 e. The molecule has 3 rings (SSSR count). The number of nitrogens with one attached hydrogen (secondary N) is 2. The average Bonchev–Trinajstić information content (AvgIpc) is 2.76. The molecule has 1 aliphatic heterocycles. The molecule has 2 aromatic rings. The van der Waals surface area contributed by atoms with Gasteiger partial charge in [-0.3, -0.25) is 4.79 Å². The molecular weight excluding hydrogens is 385 g/mol. The van der Waals surface area contributed by atoms with Crippen LogP contribution in [0.15, 0.2) is 54.6 Å². The number of likely N-dealkylation sites (tertiary alicyclic amines) is 1. The van der Waals surface area contributed by atoms with Crippen LogP contribution in [-0.4, -0.2) is 43.1 Å². The second-order valence-corrected chi connectivity index (χ2v) is 7.48. The maximum Gasteiger partial charge on any atom is 0.321 e. The number of rotatable bonds is 8. The molecule has 0 saturated carbocycles. The molecule has 3 amide bonds. The van der Waals surface area contributed by atoms with Crippen molar-refractivity contribution < 1.29 is 18.7 Å². The molecule has 1 saturated heterocycles. The van der Waals surface area contributed by atoms with Crippen LogP contribution < -0.4 is 10.6 Å². The fraction of sp³-hybridized carbons (Fsp3) is 0.391. The first-order valence-corrected chi connectivity index (χ1v) is 10.3. The van der Waals surface area contributed by atoms with Crippen LogP contribution in [0.1, 0.15) is 24.8 Å². The number of piperidine rings is 1. The summed E-state index contributed by atoms with van der Waals surface area (Å²) in [6, 6.07) is 15.4. The lowest BCUT2D eigenvalue weighted by molar-refractivity contribution is -0.126. The Hall–Kier alpha value is -2.93. The lowest BCUT2D eigenvalue weighted by Crippen LogP contribution is -2.41. The summed E-state index contributed by atoms with van der Waals surface area (Å²) in [4.78, 5) is 26.0. The highest BCUT2D eigenvalue weighted by atomic mass is 19.1. The number of para-hydroxylation sites is 1. The lowest BCUT2D eigenvalue weighted by atomic mass is 9.94. The number of anilines is 1. The van der Waals surface area contributed by atoms with E-state index in [1.165, 1.54) is 12.1 Å². The molecule has 1 heterocycles. The van der Waals surface area contributed by atoms with E-state index in [4.69, 9.17) is 4.74 Å². The maximum atomic E-state index is 12.9.